The smallest absolute Gasteiger partial charge is 0.282 e. The molecule has 0 N–H and O–H groups in total. The predicted octanol–water partition coefficient (Wildman–Crippen LogP) is 6.51. The maximum absolute atomic E-state index is 13.2. The predicted molar refractivity (Wildman–Crippen MR) is 103 cm³/mol. The summed E-state index contributed by atoms with van der Waals surface area (Å²) < 4.78 is 39.3. The summed E-state index contributed by atoms with van der Waals surface area (Å²) in [6.07, 6.45) is 0.362. The lowest BCUT2D eigenvalue weighted by atomic mass is 9.92. The van der Waals surface area contributed by atoms with E-state index in [1.54, 1.807) is 24.3 Å². The van der Waals surface area contributed by atoms with Crippen molar-refractivity contribution in [2.75, 3.05) is 0 Å². The fourth-order valence-electron chi connectivity index (χ4n) is 2.77. The van der Waals surface area contributed by atoms with Crippen LogP contribution in [0.25, 0.3) is 6.08 Å². The van der Waals surface area contributed by atoms with E-state index in [-0.39, 0.29) is 6.42 Å². The Bertz CT molecular complexity index is 857. The molecule has 6 heteroatoms. The first-order valence-corrected chi connectivity index (χ1v) is 9.42. The van der Waals surface area contributed by atoms with Gasteiger partial charge in [-0.1, -0.05) is 82.3 Å². The van der Waals surface area contributed by atoms with Crippen LogP contribution in [0.5, 0.6) is 0 Å². The van der Waals surface area contributed by atoms with E-state index in [1.165, 1.54) is 0 Å². The normalized spacial score (nSPS) is 20.6. The average Bonchev–Trinajstić information content (AvgIpc) is 2.94. The van der Waals surface area contributed by atoms with Gasteiger partial charge in [-0.15, -0.1) is 0 Å². The second kappa shape index (κ2) is 7.45. The van der Waals surface area contributed by atoms with Crippen molar-refractivity contribution in [1.29, 1.82) is 0 Å². The van der Waals surface area contributed by atoms with Crippen molar-refractivity contribution in [3.8, 4) is 0 Å². The zero-order chi connectivity index (χ0) is 18.8. The van der Waals surface area contributed by atoms with Crippen LogP contribution in [0.2, 0.25) is 0 Å². The van der Waals surface area contributed by atoms with Crippen molar-refractivity contribution in [3.05, 3.63) is 87.9 Å². The van der Waals surface area contributed by atoms with Gasteiger partial charge in [0.2, 0.25) is 5.12 Å². The maximum Gasteiger partial charge on any atom is 0.420 e. The van der Waals surface area contributed by atoms with Gasteiger partial charge in [0, 0.05) is 4.47 Å². The van der Waals surface area contributed by atoms with Gasteiger partial charge in [-0.25, -0.2) is 0 Å². The third kappa shape index (κ3) is 4.13. The Morgan fingerprint density at radius 2 is 1.69 bits per heavy atom. The standard InChI is InChI=1S/C20H14BrF3OS/c21-16-10-8-15(9-11-16)19(12-4-7-14-5-2-1-3-6-14)13-17(18(25)26-19)20(22,23)24/h1-11,13H,12H2/b7-4+. The van der Waals surface area contributed by atoms with Gasteiger partial charge < -0.3 is 0 Å². The molecule has 0 saturated heterocycles. The Morgan fingerprint density at radius 3 is 2.27 bits per heavy atom. The second-order valence-corrected chi connectivity index (χ2v) is 8.08. The molecule has 1 nitrogen and oxygen atoms in total. The quantitative estimate of drug-likeness (QED) is 0.540. The molecule has 0 aromatic heterocycles. The molecule has 0 saturated carbocycles. The topological polar surface area (TPSA) is 17.1 Å². The number of allylic oxidation sites excluding steroid dienone is 1. The fraction of sp³-hybridized carbons (Fsp3) is 0.150. The molecule has 1 heterocycles. The van der Waals surface area contributed by atoms with Crippen molar-refractivity contribution in [2.24, 2.45) is 0 Å². The van der Waals surface area contributed by atoms with Crippen LogP contribution in [0.1, 0.15) is 17.5 Å². The van der Waals surface area contributed by atoms with Gasteiger partial charge in [0.15, 0.2) is 0 Å². The minimum atomic E-state index is -4.65. The average molecular weight is 439 g/mol. The molecule has 0 aliphatic carbocycles. The van der Waals surface area contributed by atoms with E-state index in [0.717, 1.165) is 27.9 Å². The van der Waals surface area contributed by atoms with Crippen LogP contribution in [0.15, 0.2) is 76.8 Å². The number of thioether (sulfide) groups is 1. The van der Waals surface area contributed by atoms with E-state index in [4.69, 9.17) is 0 Å². The molecule has 2 aromatic carbocycles. The minimum absolute atomic E-state index is 0.277. The summed E-state index contributed by atoms with van der Waals surface area (Å²) in [6.45, 7) is 0. The van der Waals surface area contributed by atoms with Gasteiger partial charge >= 0.3 is 6.18 Å². The Labute approximate surface area is 162 Å². The number of carbonyl (C=O) groups excluding carboxylic acids is 1. The molecule has 2 aromatic rings. The van der Waals surface area contributed by atoms with Crippen LogP contribution in [-0.2, 0) is 9.54 Å². The number of alkyl halides is 3. The highest BCUT2D eigenvalue weighted by atomic mass is 79.9. The molecule has 26 heavy (non-hydrogen) atoms. The van der Waals surface area contributed by atoms with Crippen molar-refractivity contribution in [1.82, 2.24) is 0 Å². The lowest BCUT2D eigenvalue weighted by molar-refractivity contribution is -0.121. The summed E-state index contributed by atoms with van der Waals surface area (Å²) in [4.78, 5) is 12.1. The molecular formula is C20H14BrF3OS. The van der Waals surface area contributed by atoms with E-state index in [2.05, 4.69) is 15.9 Å². The van der Waals surface area contributed by atoms with Crippen LogP contribution >= 0.6 is 27.7 Å². The lowest BCUT2D eigenvalue weighted by Gasteiger charge is -2.25. The van der Waals surface area contributed by atoms with E-state index in [9.17, 15) is 18.0 Å². The lowest BCUT2D eigenvalue weighted by Crippen LogP contribution is -2.16. The van der Waals surface area contributed by atoms with Crippen LogP contribution in [0, 0.1) is 0 Å². The Kier molecular flexibility index (Phi) is 5.44. The number of carbonyl (C=O) groups is 1. The van der Waals surface area contributed by atoms with E-state index >= 15 is 0 Å². The SMILES string of the molecule is O=C1SC(C/C=C/c2ccccc2)(c2ccc(Br)cc2)C=C1C(F)(F)F. The third-order valence-electron chi connectivity index (χ3n) is 4.04. The van der Waals surface area contributed by atoms with Gasteiger partial charge in [-0.3, -0.25) is 4.79 Å². The minimum Gasteiger partial charge on any atom is -0.282 e. The molecule has 0 spiro atoms. The maximum atomic E-state index is 13.2. The second-order valence-electron chi connectivity index (χ2n) is 5.86. The number of hydrogen-bond donors (Lipinski definition) is 0. The zero-order valence-corrected chi connectivity index (χ0v) is 15.9. The summed E-state index contributed by atoms with van der Waals surface area (Å²) in [5, 5.41) is -0.937. The highest BCUT2D eigenvalue weighted by Crippen LogP contribution is 2.52. The molecule has 134 valence electrons. The number of rotatable bonds is 4. The largest absolute Gasteiger partial charge is 0.420 e. The van der Waals surface area contributed by atoms with Crippen molar-refractivity contribution < 1.29 is 18.0 Å². The van der Waals surface area contributed by atoms with Crippen LogP contribution < -0.4 is 0 Å². The van der Waals surface area contributed by atoms with Gasteiger partial charge in [0.25, 0.3) is 0 Å². The summed E-state index contributed by atoms with van der Waals surface area (Å²) in [6, 6.07) is 16.5. The van der Waals surface area contributed by atoms with Crippen LogP contribution in [0.4, 0.5) is 13.2 Å². The molecule has 0 fully saturated rings. The van der Waals surface area contributed by atoms with Crippen LogP contribution in [0.3, 0.4) is 0 Å². The molecule has 0 bridgehead atoms. The van der Waals surface area contributed by atoms with Gasteiger partial charge in [0.05, 0.1) is 4.75 Å². The molecule has 1 aliphatic rings. The molecule has 1 unspecified atom stereocenters. The van der Waals surface area contributed by atoms with E-state index < -0.39 is 21.6 Å². The monoisotopic (exact) mass is 438 g/mol. The Balaban J connectivity index is 1.98. The first-order valence-electron chi connectivity index (χ1n) is 7.81. The first kappa shape index (κ1) is 19.0. The summed E-state index contributed by atoms with van der Waals surface area (Å²) >= 11 is 4.05. The summed E-state index contributed by atoms with van der Waals surface area (Å²) in [5.41, 5.74) is 0.530. The molecule has 1 atom stereocenters. The molecular weight excluding hydrogens is 425 g/mol. The molecule has 1 aliphatic heterocycles. The van der Waals surface area contributed by atoms with Crippen molar-refractivity contribution in [3.63, 3.8) is 0 Å². The third-order valence-corrected chi connectivity index (χ3v) is 5.86. The Hall–Kier alpha value is -1.79. The molecule has 0 amide bonds. The van der Waals surface area contributed by atoms with Gasteiger partial charge in [-0.05, 0) is 35.8 Å². The van der Waals surface area contributed by atoms with Gasteiger partial charge in [-0.2, -0.15) is 13.2 Å². The fourth-order valence-corrected chi connectivity index (χ4v) is 4.26. The first-order chi connectivity index (χ1) is 12.3. The number of halogens is 4. The molecule has 0 radical (unpaired) electrons. The van der Waals surface area contributed by atoms with E-state index in [1.807, 2.05) is 42.5 Å². The molecule has 3 rings (SSSR count). The number of benzene rings is 2. The van der Waals surface area contributed by atoms with Crippen molar-refractivity contribution >= 4 is 38.9 Å². The summed E-state index contributed by atoms with van der Waals surface area (Å²) in [7, 11) is 0. The highest BCUT2D eigenvalue weighted by molar-refractivity contribution is 9.10. The van der Waals surface area contributed by atoms with Crippen molar-refractivity contribution in [2.45, 2.75) is 17.3 Å². The van der Waals surface area contributed by atoms with Gasteiger partial charge in [0.1, 0.15) is 5.57 Å². The Morgan fingerprint density at radius 1 is 1.04 bits per heavy atom. The number of hydrogen-bond acceptors (Lipinski definition) is 2. The zero-order valence-electron chi connectivity index (χ0n) is 13.5. The van der Waals surface area contributed by atoms with Crippen LogP contribution in [-0.4, -0.2) is 11.3 Å². The highest BCUT2D eigenvalue weighted by Gasteiger charge is 2.49. The van der Waals surface area contributed by atoms with E-state index in [0.29, 0.717) is 5.56 Å². The summed E-state index contributed by atoms with van der Waals surface area (Å²) in [5.74, 6) is 0.